The van der Waals surface area contributed by atoms with Crippen LogP contribution in [0.5, 0.6) is 11.5 Å². The smallest absolute Gasteiger partial charge is 0.416 e. The monoisotopic (exact) mass is 516 g/mol. The van der Waals surface area contributed by atoms with Crippen LogP contribution in [-0.2, 0) is 6.18 Å². The summed E-state index contributed by atoms with van der Waals surface area (Å²) in [4.78, 5) is 17.0. The van der Waals surface area contributed by atoms with E-state index in [0.29, 0.717) is 49.1 Å². The third kappa shape index (κ3) is 5.20. The maximum absolute atomic E-state index is 13.5. The minimum Gasteiger partial charge on any atom is -0.457 e. The number of carbonyl (C=O) groups excluding carboxylic acids is 1. The first-order valence-electron chi connectivity index (χ1n) is 12.0. The predicted molar refractivity (Wildman–Crippen MR) is 137 cm³/mol. The minimum absolute atomic E-state index is 0.247. The lowest BCUT2D eigenvalue weighted by molar-refractivity contribution is -0.137. The molecule has 1 aromatic heterocycles. The summed E-state index contributed by atoms with van der Waals surface area (Å²) in [6.45, 7) is 1.38. The van der Waals surface area contributed by atoms with Crippen LogP contribution in [0.15, 0.2) is 91.1 Å². The molecule has 192 valence electrons. The molecular formula is C29H23F3N4O2. The number of hydrogen-bond donors (Lipinski definition) is 0. The van der Waals surface area contributed by atoms with Gasteiger partial charge >= 0.3 is 6.18 Å². The molecule has 0 bridgehead atoms. The molecule has 38 heavy (non-hydrogen) atoms. The van der Waals surface area contributed by atoms with Crippen molar-refractivity contribution in [3.05, 3.63) is 108 Å². The van der Waals surface area contributed by atoms with Crippen molar-refractivity contribution in [1.29, 1.82) is 5.26 Å². The van der Waals surface area contributed by atoms with Crippen molar-refractivity contribution in [3.63, 3.8) is 0 Å². The number of para-hydroxylation sites is 1. The number of rotatable bonds is 5. The Balaban J connectivity index is 1.31. The number of benzene rings is 3. The molecule has 0 aliphatic carbocycles. The van der Waals surface area contributed by atoms with Crippen LogP contribution >= 0.6 is 0 Å². The van der Waals surface area contributed by atoms with E-state index in [1.165, 1.54) is 6.07 Å². The van der Waals surface area contributed by atoms with Gasteiger partial charge in [0.25, 0.3) is 5.91 Å². The Kier molecular flexibility index (Phi) is 6.79. The van der Waals surface area contributed by atoms with Crippen molar-refractivity contribution >= 4 is 11.6 Å². The second-order valence-electron chi connectivity index (χ2n) is 8.80. The lowest BCUT2D eigenvalue weighted by Crippen LogP contribution is -2.49. The number of ether oxygens (including phenoxy) is 1. The number of piperazine rings is 1. The van der Waals surface area contributed by atoms with Crippen molar-refractivity contribution in [2.45, 2.75) is 6.18 Å². The average Bonchev–Trinajstić information content (AvgIpc) is 3.37. The summed E-state index contributed by atoms with van der Waals surface area (Å²) in [7, 11) is 0. The van der Waals surface area contributed by atoms with Crippen LogP contribution in [0.25, 0.3) is 5.69 Å². The molecule has 0 radical (unpaired) electrons. The Morgan fingerprint density at radius 2 is 1.50 bits per heavy atom. The molecular weight excluding hydrogens is 493 g/mol. The van der Waals surface area contributed by atoms with Crippen molar-refractivity contribution in [2.24, 2.45) is 0 Å². The molecule has 3 aromatic carbocycles. The fourth-order valence-corrected chi connectivity index (χ4v) is 4.45. The summed E-state index contributed by atoms with van der Waals surface area (Å²) in [6.07, 6.45) is -2.74. The summed E-state index contributed by atoms with van der Waals surface area (Å²) in [5, 5.41) is 9.66. The van der Waals surface area contributed by atoms with E-state index < -0.39 is 11.7 Å². The molecule has 2 heterocycles. The SMILES string of the molecule is N#Cc1ccn(-c2ccc(Oc3ccccc3)cc2)c1C(=O)N1CCN(c2cccc(C(F)(F)F)c2)CC1. The first-order valence-corrected chi connectivity index (χ1v) is 12.0. The first-order chi connectivity index (χ1) is 18.3. The van der Waals surface area contributed by atoms with E-state index in [2.05, 4.69) is 6.07 Å². The summed E-state index contributed by atoms with van der Waals surface area (Å²) in [6, 6.07) is 25.4. The van der Waals surface area contributed by atoms with Gasteiger partial charge in [0.05, 0.1) is 11.1 Å². The third-order valence-electron chi connectivity index (χ3n) is 6.41. The van der Waals surface area contributed by atoms with E-state index in [9.17, 15) is 23.2 Å². The zero-order valence-corrected chi connectivity index (χ0v) is 20.2. The Morgan fingerprint density at radius 3 is 2.16 bits per heavy atom. The molecule has 1 amide bonds. The molecule has 0 atom stereocenters. The second kappa shape index (κ2) is 10.3. The highest BCUT2D eigenvalue weighted by Crippen LogP contribution is 2.32. The maximum atomic E-state index is 13.5. The molecule has 9 heteroatoms. The van der Waals surface area contributed by atoms with E-state index in [1.54, 1.807) is 39.9 Å². The van der Waals surface area contributed by atoms with Gasteiger partial charge in [-0.3, -0.25) is 4.79 Å². The number of anilines is 1. The zero-order chi connectivity index (χ0) is 26.7. The lowest BCUT2D eigenvalue weighted by Gasteiger charge is -2.36. The summed E-state index contributed by atoms with van der Waals surface area (Å²) in [5.41, 5.74) is 0.950. The van der Waals surface area contributed by atoms with E-state index in [1.807, 2.05) is 47.4 Å². The second-order valence-corrected chi connectivity index (χ2v) is 8.80. The van der Waals surface area contributed by atoms with Gasteiger partial charge in [0.1, 0.15) is 23.3 Å². The Hall–Kier alpha value is -4.71. The van der Waals surface area contributed by atoms with Crippen LogP contribution in [0, 0.1) is 11.3 Å². The van der Waals surface area contributed by atoms with E-state index in [4.69, 9.17) is 4.74 Å². The first kappa shape index (κ1) is 25.0. The van der Waals surface area contributed by atoms with Gasteiger partial charge in [-0.2, -0.15) is 18.4 Å². The number of aromatic nitrogens is 1. The zero-order valence-electron chi connectivity index (χ0n) is 20.2. The van der Waals surface area contributed by atoms with E-state index in [-0.39, 0.29) is 17.2 Å². The number of hydrogen-bond acceptors (Lipinski definition) is 4. The van der Waals surface area contributed by atoms with E-state index in [0.717, 1.165) is 12.1 Å². The number of nitriles is 1. The molecule has 0 unspecified atom stereocenters. The fraction of sp³-hybridized carbons (Fsp3) is 0.172. The average molecular weight is 517 g/mol. The van der Waals surface area contributed by atoms with E-state index >= 15 is 0 Å². The van der Waals surface area contributed by atoms with Crippen LogP contribution in [0.2, 0.25) is 0 Å². The maximum Gasteiger partial charge on any atom is 0.416 e. The summed E-state index contributed by atoms with van der Waals surface area (Å²) in [5.74, 6) is 1.03. The van der Waals surface area contributed by atoms with Gasteiger partial charge in [-0.25, -0.2) is 0 Å². The Labute approximate surface area is 217 Å². The van der Waals surface area contributed by atoms with Gasteiger partial charge in [0, 0.05) is 43.8 Å². The number of nitrogens with zero attached hydrogens (tertiary/aromatic N) is 4. The highest BCUT2D eigenvalue weighted by molar-refractivity contribution is 5.96. The van der Waals surface area contributed by atoms with Gasteiger partial charge in [-0.05, 0) is 60.7 Å². The minimum atomic E-state index is -4.42. The number of carbonyl (C=O) groups is 1. The van der Waals surface area contributed by atoms with Gasteiger partial charge in [-0.1, -0.05) is 24.3 Å². The molecule has 0 N–H and O–H groups in total. The molecule has 5 rings (SSSR count). The van der Waals surface area contributed by atoms with Crippen LogP contribution < -0.4 is 9.64 Å². The highest BCUT2D eigenvalue weighted by Gasteiger charge is 2.32. The quantitative estimate of drug-likeness (QED) is 0.321. The Morgan fingerprint density at radius 1 is 0.816 bits per heavy atom. The van der Waals surface area contributed by atoms with Gasteiger partial charge in [-0.15, -0.1) is 0 Å². The topological polar surface area (TPSA) is 61.5 Å². The van der Waals surface area contributed by atoms with Crippen LogP contribution in [0.4, 0.5) is 18.9 Å². The number of halogens is 3. The number of amides is 1. The van der Waals surface area contributed by atoms with Crippen LogP contribution in [0.1, 0.15) is 21.6 Å². The standard InChI is InChI=1S/C29H23F3N4O2/c30-29(31,32)22-5-4-6-24(19-22)34-15-17-35(18-16-34)28(37)27-21(20-33)13-14-36(27)23-9-11-26(12-10-23)38-25-7-2-1-3-8-25/h1-14,19H,15-18H2. The third-order valence-corrected chi connectivity index (χ3v) is 6.41. The van der Waals surface area contributed by atoms with Gasteiger partial charge in [0.2, 0.25) is 0 Å². The van der Waals surface area contributed by atoms with Crippen molar-refractivity contribution in [2.75, 3.05) is 31.1 Å². The lowest BCUT2D eigenvalue weighted by atomic mass is 10.1. The molecule has 0 saturated carbocycles. The molecule has 1 fully saturated rings. The molecule has 6 nitrogen and oxygen atoms in total. The molecule has 1 aliphatic rings. The predicted octanol–water partition coefficient (Wildman–Crippen LogP) is 6.12. The van der Waals surface area contributed by atoms with Crippen LogP contribution in [-0.4, -0.2) is 41.6 Å². The molecule has 0 spiro atoms. The number of alkyl halides is 3. The normalized spacial score (nSPS) is 13.7. The molecule has 1 saturated heterocycles. The summed E-state index contributed by atoms with van der Waals surface area (Å²) < 4.78 is 46.9. The molecule has 4 aromatic rings. The van der Waals surface area contributed by atoms with Crippen molar-refractivity contribution in [3.8, 4) is 23.3 Å². The van der Waals surface area contributed by atoms with Crippen molar-refractivity contribution < 1.29 is 22.7 Å². The van der Waals surface area contributed by atoms with Crippen molar-refractivity contribution in [1.82, 2.24) is 9.47 Å². The van der Waals surface area contributed by atoms with Gasteiger partial charge in [0.15, 0.2) is 0 Å². The largest absolute Gasteiger partial charge is 0.457 e. The molecule has 1 aliphatic heterocycles. The van der Waals surface area contributed by atoms with Crippen LogP contribution in [0.3, 0.4) is 0 Å². The summed E-state index contributed by atoms with van der Waals surface area (Å²) >= 11 is 0. The van der Waals surface area contributed by atoms with Gasteiger partial charge < -0.3 is 19.1 Å². The fourth-order valence-electron chi connectivity index (χ4n) is 4.45. The highest BCUT2D eigenvalue weighted by atomic mass is 19.4. The Bertz CT molecular complexity index is 1470.